The van der Waals surface area contributed by atoms with Gasteiger partial charge in [-0.05, 0) is 25.8 Å². The maximum Gasteiger partial charge on any atom is 0.223 e. The predicted molar refractivity (Wildman–Crippen MR) is 68.9 cm³/mol. The summed E-state index contributed by atoms with van der Waals surface area (Å²) in [5.74, 6) is 0.647. The van der Waals surface area contributed by atoms with Gasteiger partial charge in [0.1, 0.15) is 0 Å². The third-order valence-electron chi connectivity index (χ3n) is 2.57. The number of aliphatic hydroxyl groups excluding tert-OH is 1. The van der Waals surface area contributed by atoms with Gasteiger partial charge in [-0.15, -0.1) is 0 Å². The second kappa shape index (κ2) is 5.59. The number of nitrogens with zero attached hydrogens (tertiary/aromatic N) is 2. The molecule has 0 bridgehead atoms. The molecule has 90 valence electrons. The Labute approximate surface area is 101 Å². The summed E-state index contributed by atoms with van der Waals surface area (Å²) in [5.41, 5.74) is 0.945. The standard InChI is InChI=1S/C13H17N3O/c1-10(17)5-4-8-14-13-15-9-11-6-2-3-7-12(11)16-13/h2-3,6-7,9-10,17H,4-5,8H2,1H3,(H,14,15,16). The first-order valence-electron chi connectivity index (χ1n) is 5.89. The molecule has 4 nitrogen and oxygen atoms in total. The Balaban J connectivity index is 1.95. The van der Waals surface area contributed by atoms with Gasteiger partial charge < -0.3 is 10.4 Å². The molecule has 2 rings (SSSR count). The van der Waals surface area contributed by atoms with E-state index in [1.807, 2.05) is 30.5 Å². The summed E-state index contributed by atoms with van der Waals surface area (Å²) in [6.07, 6.45) is 3.28. The van der Waals surface area contributed by atoms with Crippen molar-refractivity contribution in [2.24, 2.45) is 0 Å². The molecule has 1 aromatic heterocycles. The lowest BCUT2D eigenvalue weighted by molar-refractivity contribution is 0.183. The Kier molecular flexibility index (Phi) is 3.88. The summed E-state index contributed by atoms with van der Waals surface area (Å²) in [7, 11) is 0. The van der Waals surface area contributed by atoms with Crippen molar-refractivity contribution in [3.8, 4) is 0 Å². The zero-order valence-corrected chi connectivity index (χ0v) is 9.93. The number of hydrogen-bond donors (Lipinski definition) is 2. The molecule has 0 aliphatic heterocycles. The van der Waals surface area contributed by atoms with Crippen molar-refractivity contribution in [1.29, 1.82) is 0 Å². The van der Waals surface area contributed by atoms with Gasteiger partial charge >= 0.3 is 0 Å². The summed E-state index contributed by atoms with van der Waals surface area (Å²) in [6.45, 7) is 2.58. The summed E-state index contributed by atoms with van der Waals surface area (Å²) < 4.78 is 0. The molecule has 1 unspecified atom stereocenters. The van der Waals surface area contributed by atoms with E-state index in [0.717, 1.165) is 30.3 Å². The smallest absolute Gasteiger partial charge is 0.223 e. The molecular weight excluding hydrogens is 214 g/mol. The lowest BCUT2D eigenvalue weighted by Crippen LogP contribution is -2.08. The van der Waals surface area contributed by atoms with Gasteiger partial charge in [0.25, 0.3) is 0 Å². The fourth-order valence-corrected chi connectivity index (χ4v) is 1.65. The molecular formula is C13H17N3O. The van der Waals surface area contributed by atoms with E-state index in [0.29, 0.717) is 5.95 Å². The molecule has 0 aliphatic rings. The highest BCUT2D eigenvalue weighted by molar-refractivity contribution is 5.78. The van der Waals surface area contributed by atoms with Crippen LogP contribution in [0.15, 0.2) is 30.5 Å². The Morgan fingerprint density at radius 1 is 1.35 bits per heavy atom. The van der Waals surface area contributed by atoms with E-state index in [-0.39, 0.29) is 6.10 Å². The van der Waals surface area contributed by atoms with Crippen LogP contribution in [0, 0.1) is 0 Å². The van der Waals surface area contributed by atoms with Crippen molar-refractivity contribution >= 4 is 16.9 Å². The topological polar surface area (TPSA) is 58.0 Å². The van der Waals surface area contributed by atoms with Crippen molar-refractivity contribution in [1.82, 2.24) is 9.97 Å². The summed E-state index contributed by atoms with van der Waals surface area (Å²) in [5, 5.41) is 13.3. The van der Waals surface area contributed by atoms with Crippen LogP contribution in [-0.4, -0.2) is 27.7 Å². The highest BCUT2D eigenvalue weighted by Gasteiger charge is 1.99. The minimum Gasteiger partial charge on any atom is -0.393 e. The number of fused-ring (bicyclic) bond motifs is 1. The fraction of sp³-hybridized carbons (Fsp3) is 0.385. The average Bonchev–Trinajstić information content (AvgIpc) is 2.34. The van der Waals surface area contributed by atoms with Gasteiger partial charge in [-0.1, -0.05) is 18.2 Å². The molecule has 0 amide bonds. The molecule has 17 heavy (non-hydrogen) atoms. The van der Waals surface area contributed by atoms with Crippen LogP contribution in [0.3, 0.4) is 0 Å². The largest absolute Gasteiger partial charge is 0.393 e. The number of hydrogen-bond acceptors (Lipinski definition) is 4. The molecule has 0 saturated carbocycles. The SMILES string of the molecule is CC(O)CCCNc1ncc2ccccc2n1. The zero-order chi connectivity index (χ0) is 12.1. The highest BCUT2D eigenvalue weighted by Crippen LogP contribution is 2.11. The molecule has 2 N–H and O–H groups in total. The van der Waals surface area contributed by atoms with Gasteiger partial charge in [-0.25, -0.2) is 9.97 Å². The Morgan fingerprint density at radius 2 is 2.18 bits per heavy atom. The van der Waals surface area contributed by atoms with Crippen molar-refractivity contribution in [2.45, 2.75) is 25.9 Å². The van der Waals surface area contributed by atoms with Crippen molar-refractivity contribution in [2.75, 3.05) is 11.9 Å². The zero-order valence-electron chi connectivity index (χ0n) is 9.93. The minimum atomic E-state index is -0.241. The monoisotopic (exact) mass is 231 g/mol. The molecule has 4 heteroatoms. The van der Waals surface area contributed by atoms with Gasteiger partial charge in [0.05, 0.1) is 11.6 Å². The van der Waals surface area contributed by atoms with Gasteiger partial charge in [0, 0.05) is 18.1 Å². The second-order valence-corrected chi connectivity index (χ2v) is 4.17. The van der Waals surface area contributed by atoms with E-state index >= 15 is 0 Å². The van der Waals surface area contributed by atoms with Crippen molar-refractivity contribution in [3.63, 3.8) is 0 Å². The number of aliphatic hydroxyl groups is 1. The van der Waals surface area contributed by atoms with Crippen LogP contribution >= 0.6 is 0 Å². The maximum absolute atomic E-state index is 9.13. The van der Waals surface area contributed by atoms with Crippen molar-refractivity contribution < 1.29 is 5.11 Å². The van der Waals surface area contributed by atoms with Crippen LogP contribution in [-0.2, 0) is 0 Å². The fourth-order valence-electron chi connectivity index (χ4n) is 1.65. The van der Waals surface area contributed by atoms with E-state index < -0.39 is 0 Å². The van der Waals surface area contributed by atoms with Crippen LogP contribution in [0.4, 0.5) is 5.95 Å². The first kappa shape index (κ1) is 11.8. The molecule has 0 spiro atoms. The van der Waals surface area contributed by atoms with Crippen molar-refractivity contribution in [3.05, 3.63) is 30.5 Å². The molecule has 1 aromatic carbocycles. The number of nitrogens with one attached hydrogen (secondary N) is 1. The molecule has 0 radical (unpaired) electrons. The number of rotatable bonds is 5. The van der Waals surface area contributed by atoms with Gasteiger partial charge in [0.2, 0.25) is 5.95 Å². The molecule has 0 aliphatic carbocycles. The van der Waals surface area contributed by atoms with E-state index in [1.165, 1.54) is 0 Å². The van der Waals surface area contributed by atoms with Crippen LogP contribution < -0.4 is 5.32 Å². The quantitative estimate of drug-likeness (QED) is 0.774. The van der Waals surface area contributed by atoms with E-state index in [9.17, 15) is 0 Å². The third-order valence-corrected chi connectivity index (χ3v) is 2.57. The van der Waals surface area contributed by atoms with E-state index in [2.05, 4.69) is 15.3 Å². The molecule has 1 heterocycles. The third kappa shape index (κ3) is 3.39. The van der Waals surface area contributed by atoms with Gasteiger partial charge in [0.15, 0.2) is 0 Å². The maximum atomic E-state index is 9.13. The first-order valence-corrected chi connectivity index (χ1v) is 5.89. The summed E-state index contributed by atoms with van der Waals surface area (Å²) >= 11 is 0. The molecule has 0 fully saturated rings. The number of aromatic nitrogens is 2. The van der Waals surface area contributed by atoms with Crippen LogP contribution in [0.25, 0.3) is 10.9 Å². The summed E-state index contributed by atoms with van der Waals surface area (Å²) in [4.78, 5) is 8.65. The lowest BCUT2D eigenvalue weighted by atomic mass is 10.2. The Morgan fingerprint density at radius 3 is 3.00 bits per heavy atom. The average molecular weight is 231 g/mol. The molecule has 2 aromatic rings. The molecule has 0 saturated heterocycles. The highest BCUT2D eigenvalue weighted by atomic mass is 16.3. The van der Waals surface area contributed by atoms with Crippen LogP contribution in [0.5, 0.6) is 0 Å². The Hall–Kier alpha value is -1.68. The van der Waals surface area contributed by atoms with E-state index in [1.54, 1.807) is 6.92 Å². The van der Waals surface area contributed by atoms with E-state index in [4.69, 9.17) is 5.11 Å². The second-order valence-electron chi connectivity index (χ2n) is 4.17. The lowest BCUT2D eigenvalue weighted by Gasteiger charge is -2.06. The normalized spacial score (nSPS) is 12.6. The number of benzene rings is 1. The van der Waals surface area contributed by atoms with Gasteiger partial charge in [-0.2, -0.15) is 0 Å². The van der Waals surface area contributed by atoms with Crippen LogP contribution in [0.1, 0.15) is 19.8 Å². The summed E-state index contributed by atoms with van der Waals surface area (Å²) in [6, 6.07) is 7.90. The van der Waals surface area contributed by atoms with Crippen LogP contribution in [0.2, 0.25) is 0 Å². The number of anilines is 1. The minimum absolute atomic E-state index is 0.241. The number of para-hydroxylation sites is 1. The Bertz CT molecular complexity index is 485. The first-order chi connectivity index (χ1) is 8.25. The van der Waals surface area contributed by atoms with Gasteiger partial charge in [-0.3, -0.25) is 0 Å². The molecule has 1 atom stereocenters. The predicted octanol–water partition coefficient (Wildman–Crippen LogP) is 2.20.